The van der Waals surface area contributed by atoms with Gasteiger partial charge in [0.1, 0.15) is 23.9 Å². The second kappa shape index (κ2) is 6.75. The zero-order valence-electron chi connectivity index (χ0n) is 11.5. The molecule has 0 heterocycles. The van der Waals surface area contributed by atoms with Crippen LogP contribution >= 0.6 is 15.9 Å². The molecule has 4 heteroatoms. The Kier molecular flexibility index (Phi) is 5.01. The van der Waals surface area contributed by atoms with Gasteiger partial charge in [0, 0.05) is 10.9 Å². The van der Waals surface area contributed by atoms with E-state index in [0.717, 1.165) is 28.2 Å². The number of ether oxygens (including phenoxy) is 2. The van der Waals surface area contributed by atoms with Gasteiger partial charge in [-0.05, 0) is 48.4 Å². The Morgan fingerprint density at radius 1 is 1.10 bits per heavy atom. The smallest absolute Gasteiger partial charge is 0.124 e. The molecule has 106 valence electrons. The zero-order chi connectivity index (χ0) is 14.5. The second-order valence-corrected chi connectivity index (χ2v) is 5.03. The first-order valence-corrected chi connectivity index (χ1v) is 7.37. The Balaban J connectivity index is 2.16. The molecule has 0 unspecified atom stereocenters. The SMILES string of the molecule is COc1ccc(OCc2cc(F)ccc2C)c(CBr)c1. The molecular formula is C16H16BrFO2. The van der Waals surface area contributed by atoms with Crippen LogP contribution in [0.2, 0.25) is 0 Å². The molecule has 0 aliphatic rings. The van der Waals surface area contributed by atoms with E-state index in [1.807, 2.05) is 25.1 Å². The van der Waals surface area contributed by atoms with Crippen LogP contribution in [0.5, 0.6) is 11.5 Å². The largest absolute Gasteiger partial charge is 0.497 e. The van der Waals surface area contributed by atoms with Crippen LogP contribution in [0.1, 0.15) is 16.7 Å². The maximum atomic E-state index is 13.2. The van der Waals surface area contributed by atoms with Gasteiger partial charge < -0.3 is 9.47 Å². The summed E-state index contributed by atoms with van der Waals surface area (Å²) in [7, 11) is 1.63. The minimum atomic E-state index is -0.246. The standard InChI is InChI=1S/C16H16BrFO2/c1-11-3-4-14(18)7-13(11)10-20-16-6-5-15(19-2)8-12(16)9-17/h3-8H,9-10H2,1-2H3. The molecule has 2 nitrogen and oxygen atoms in total. The van der Waals surface area contributed by atoms with E-state index in [1.54, 1.807) is 13.2 Å². The quantitative estimate of drug-likeness (QED) is 0.741. The summed E-state index contributed by atoms with van der Waals surface area (Å²) < 4.78 is 24.2. The van der Waals surface area contributed by atoms with Crippen molar-refractivity contribution in [1.82, 2.24) is 0 Å². The molecule has 2 aromatic carbocycles. The molecule has 0 aliphatic heterocycles. The molecule has 2 rings (SSSR count). The van der Waals surface area contributed by atoms with Gasteiger partial charge in [-0.25, -0.2) is 4.39 Å². The van der Waals surface area contributed by atoms with Crippen molar-refractivity contribution in [2.24, 2.45) is 0 Å². The van der Waals surface area contributed by atoms with Gasteiger partial charge in [-0.3, -0.25) is 0 Å². The third kappa shape index (κ3) is 3.51. The number of benzene rings is 2. The highest BCUT2D eigenvalue weighted by atomic mass is 79.9. The normalized spacial score (nSPS) is 10.4. The van der Waals surface area contributed by atoms with Crippen LogP contribution in [0.3, 0.4) is 0 Å². The van der Waals surface area contributed by atoms with Crippen molar-refractivity contribution in [3.05, 3.63) is 58.9 Å². The molecule has 0 spiro atoms. The van der Waals surface area contributed by atoms with E-state index < -0.39 is 0 Å². The van der Waals surface area contributed by atoms with Gasteiger partial charge in [-0.15, -0.1) is 0 Å². The molecule has 0 aliphatic carbocycles. The Labute approximate surface area is 126 Å². The molecule has 0 fully saturated rings. The monoisotopic (exact) mass is 338 g/mol. The summed E-state index contributed by atoms with van der Waals surface area (Å²) in [5.74, 6) is 1.31. The maximum Gasteiger partial charge on any atom is 0.124 e. The molecule has 0 saturated heterocycles. The summed E-state index contributed by atoms with van der Waals surface area (Å²) in [6.45, 7) is 2.29. The second-order valence-electron chi connectivity index (χ2n) is 4.47. The molecule has 0 aromatic heterocycles. The first-order valence-electron chi connectivity index (χ1n) is 6.24. The maximum absolute atomic E-state index is 13.2. The van der Waals surface area contributed by atoms with Gasteiger partial charge in [0.05, 0.1) is 7.11 Å². The number of hydrogen-bond acceptors (Lipinski definition) is 2. The lowest BCUT2D eigenvalue weighted by Crippen LogP contribution is -2.00. The summed E-state index contributed by atoms with van der Waals surface area (Å²) >= 11 is 3.43. The molecule has 0 amide bonds. The lowest BCUT2D eigenvalue weighted by molar-refractivity contribution is 0.301. The average Bonchev–Trinajstić information content (AvgIpc) is 2.48. The van der Waals surface area contributed by atoms with Crippen LogP contribution < -0.4 is 9.47 Å². The first-order chi connectivity index (χ1) is 9.63. The van der Waals surface area contributed by atoms with Crippen molar-refractivity contribution in [2.45, 2.75) is 18.9 Å². The van der Waals surface area contributed by atoms with Crippen molar-refractivity contribution < 1.29 is 13.9 Å². The third-order valence-electron chi connectivity index (χ3n) is 3.11. The highest BCUT2D eigenvalue weighted by Crippen LogP contribution is 2.27. The fourth-order valence-electron chi connectivity index (χ4n) is 1.88. The summed E-state index contributed by atoms with van der Waals surface area (Å²) in [6.07, 6.45) is 0. The number of hydrogen-bond donors (Lipinski definition) is 0. The molecule has 0 radical (unpaired) electrons. The Hall–Kier alpha value is -1.55. The third-order valence-corrected chi connectivity index (χ3v) is 3.71. The fraction of sp³-hybridized carbons (Fsp3) is 0.250. The van der Waals surface area contributed by atoms with Crippen LogP contribution in [0.25, 0.3) is 0 Å². The Morgan fingerprint density at radius 3 is 2.60 bits per heavy atom. The van der Waals surface area contributed by atoms with Gasteiger partial charge in [0.25, 0.3) is 0 Å². The highest BCUT2D eigenvalue weighted by molar-refractivity contribution is 9.08. The van der Waals surface area contributed by atoms with Crippen molar-refractivity contribution >= 4 is 15.9 Å². The van der Waals surface area contributed by atoms with E-state index in [4.69, 9.17) is 9.47 Å². The predicted molar refractivity (Wildman–Crippen MR) is 81.1 cm³/mol. The van der Waals surface area contributed by atoms with Gasteiger partial charge in [0.2, 0.25) is 0 Å². The van der Waals surface area contributed by atoms with Crippen LogP contribution in [0.4, 0.5) is 4.39 Å². The molecule has 0 N–H and O–H groups in total. The average molecular weight is 339 g/mol. The molecule has 20 heavy (non-hydrogen) atoms. The number of rotatable bonds is 5. The minimum absolute atomic E-state index is 0.246. The van der Waals surface area contributed by atoms with Gasteiger partial charge in [-0.2, -0.15) is 0 Å². The fourth-order valence-corrected chi connectivity index (χ4v) is 2.32. The first kappa shape index (κ1) is 14.9. The van der Waals surface area contributed by atoms with Gasteiger partial charge in [0.15, 0.2) is 0 Å². The lowest BCUT2D eigenvalue weighted by atomic mass is 10.1. The van der Waals surface area contributed by atoms with Crippen molar-refractivity contribution in [3.8, 4) is 11.5 Å². The number of alkyl halides is 1. The summed E-state index contributed by atoms with van der Waals surface area (Å²) in [5, 5.41) is 0.668. The van der Waals surface area contributed by atoms with Crippen LogP contribution in [0.15, 0.2) is 36.4 Å². The Bertz CT molecular complexity index is 599. The van der Waals surface area contributed by atoms with E-state index in [2.05, 4.69) is 15.9 Å². The van der Waals surface area contributed by atoms with E-state index in [1.165, 1.54) is 12.1 Å². The van der Waals surface area contributed by atoms with E-state index in [9.17, 15) is 4.39 Å². The van der Waals surface area contributed by atoms with Crippen LogP contribution in [0, 0.1) is 12.7 Å². The topological polar surface area (TPSA) is 18.5 Å². The summed E-state index contributed by atoms with van der Waals surface area (Å²) in [6, 6.07) is 10.3. The highest BCUT2D eigenvalue weighted by Gasteiger charge is 2.07. The van der Waals surface area contributed by atoms with Crippen LogP contribution in [-0.2, 0) is 11.9 Å². The molecule has 0 saturated carbocycles. The summed E-state index contributed by atoms with van der Waals surface area (Å²) in [5.41, 5.74) is 2.86. The minimum Gasteiger partial charge on any atom is -0.497 e. The van der Waals surface area contributed by atoms with Crippen molar-refractivity contribution in [1.29, 1.82) is 0 Å². The summed E-state index contributed by atoms with van der Waals surface area (Å²) in [4.78, 5) is 0. The molecule has 0 bridgehead atoms. The van der Waals surface area contributed by atoms with Gasteiger partial charge in [-0.1, -0.05) is 22.0 Å². The molecule has 2 aromatic rings. The number of aryl methyl sites for hydroxylation is 1. The predicted octanol–water partition coefficient (Wildman–Crippen LogP) is 4.62. The van der Waals surface area contributed by atoms with Crippen molar-refractivity contribution in [3.63, 3.8) is 0 Å². The Morgan fingerprint density at radius 2 is 1.90 bits per heavy atom. The number of methoxy groups -OCH3 is 1. The molecular weight excluding hydrogens is 323 g/mol. The van der Waals surface area contributed by atoms with E-state index in [-0.39, 0.29) is 5.82 Å². The lowest BCUT2D eigenvalue weighted by Gasteiger charge is -2.13. The molecule has 0 atom stereocenters. The van der Waals surface area contributed by atoms with Crippen molar-refractivity contribution in [2.75, 3.05) is 7.11 Å². The van der Waals surface area contributed by atoms with Crippen LogP contribution in [-0.4, -0.2) is 7.11 Å². The van der Waals surface area contributed by atoms with Gasteiger partial charge >= 0.3 is 0 Å². The van der Waals surface area contributed by atoms with E-state index in [0.29, 0.717) is 11.9 Å². The number of halogens is 2. The zero-order valence-corrected chi connectivity index (χ0v) is 13.0. The van der Waals surface area contributed by atoms with E-state index >= 15 is 0 Å².